The molecule has 2 aliphatic carbocycles. The average molecular weight is 345 g/mol. The molecular weight excluding hydrogens is 318 g/mol. The van der Waals surface area contributed by atoms with E-state index in [0.717, 1.165) is 32.1 Å². The molecule has 2 aliphatic heterocycles. The van der Waals surface area contributed by atoms with Crippen molar-refractivity contribution in [3.05, 3.63) is 23.8 Å². The molecule has 5 nitrogen and oxygen atoms in total. The number of hydrogen-bond donors (Lipinski definition) is 1. The average Bonchev–Trinajstić information content (AvgIpc) is 3.10. The van der Waals surface area contributed by atoms with Crippen LogP contribution in [0.4, 0.5) is 0 Å². The molecule has 4 aliphatic rings. The Morgan fingerprint density at radius 1 is 1.40 bits per heavy atom. The zero-order chi connectivity index (χ0) is 17.8. The smallest absolute Gasteiger partial charge is 0.336 e. The largest absolute Gasteiger partial charge is 0.459 e. The van der Waals surface area contributed by atoms with Crippen LogP contribution in [0.1, 0.15) is 46.0 Å². The second-order valence-electron chi connectivity index (χ2n) is 8.55. The summed E-state index contributed by atoms with van der Waals surface area (Å²) in [6.07, 6.45) is 5.98. The van der Waals surface area contributed by atoms with Crippen molar-refractivity contribution >= 4 is 11.7 Å². The van der Waals surface area contributed by atoms with Crippen LogP contribution in [0.25, 0.3) is 0 Å². The topological polar surface area (TPSA) is 68.1 Å². The Morgan fingerprint density at radius 2 is 2.20 bits per heavy atom. The van der Waals surface area contributed by atoms with Gasteiger partial charge in [-0.3, -0.25) is 0 Å². The van der Waals surface area contributed by atoms with Gasteiger partial charge in [-0.15, -0.1) is 0 Å². The summed E-state index contributed by atoms with van der Waals surface area (Å²) in [6.45, 7) is 9.77. The van der Waals surface area contributed by atoms with E-state index in [1.54, 1.807) is 0 Å². The van der Waals surface area contributed by atoms with E-state index in [1.165, 1.54) is 11.3 Å². The van der Waals surface area contributed by atoms with Gasteiger partial charge in [-0.05, 0) is 49.4 Å². The molecule has 0 spiro atoms. The Balaban J connectivity index is 1.63. The lowest BCUT2D eigenvalue weighted by molar-refractivity contribution is -0.135. The minimum atomic E-state index is -0.793. The monoisotopic (exact) mass is 345 g/mol. The van der Waals surface area contributed by atoms with Crippen LogP contribution in [-0.4, -0.2) is 36.1 Å². The van der Waals surface area contributed by atoms with Gasteiger partial charge in [0.05, 0.1) is 11.3 Å². The predicted octanol–water partition coefficient (Wildman–Crippen LogP) is 3.00. The lowest BCUT2D eigenvalue weighted by Gasteiger charge is -2.57. The van der Waals surface area contributed by atoms with Crippen molar-refractivity contribution in [2.75, 3.05) is 13.2 Å². The molecule has 25 heavy (non-hydrogen) atoms. The molecule has 4 rings (SSSR count). The summed E-state index contributed by atoms with van der Waals surface area (Å²) in [4.78, 5) is 17.3. The third-order valence-corrected chi connectivity index (χ3v) is 7.25. The first-order chi connectivity index (χ1) is 11.9. The normalized spacial score (nSPS) is 44.8. The number of nitrogens with zero attached hydrogens (tertiary/aromatic N) is 1. The molecule has 2 saturated carbocycles. The van der Waals surface area contributed by atoms with Gasteiger partial charge in [0.15, 0.2) is 0 Å². The zero-order valence-electron chi connectivity index (χ0n) is 15.1. The van der Waals surface area contributed by atoms with E-state index < -0.39 is 6.10 Å². The van der Waals surface area contributed by atoms with Gasteiger partial charge in [0.2, 0.25) is 0 Å². The van der Waals surface area contributed by atoms with Gasteiger partial charge in [-0.25, -0.2) is 4.79 Å². The first kappa shape index (κ1) is 16.8. The lowest BCUT2D eigenvalue weighted by Crippen LogP contribution is -2.54. The maximum atomic E-state index is 11.8. The highest BCUT2D eigenvalue weighted by atomic mass is 16.6. The summed E-state index contributed by atoms with van der Waals surface area (Å²) < 4.78 is 4.94. The third kappa shape index (κ3) is 2.39. The summed E-state index contributed by atoms with van der Waals surface area (Å²) in [7, 11) is 0. The zero-order valence-corrected chi connectivity index (χ0v) is 15.1. The second-order valence-corrected chi connectivity index (χ2v) is 8.55. The lowest BCUT2D eigenvalue weighted by atomic mass is 9.46. The first-order valence-corrected chi connectivity index (χ1v) is 9.28. The van der Waals surface area contributed by atoms with E-state index in [-0.39, 0.29) is 23.4 Å². The molecule has 3 fully saturated rings. The highest BCUT2D eigenvalue weighted by Gasteiger charge is 2.58. The first-order valence-electron chi connectivity index (χ1n) is 9.28. The van der Waals surface area contributed by atoms with E-state index >= 15 is 0 Å². The molecule has 0 aromatic heterocycles. The maximum absolute atomic E-state index is 11.8. The van der Waals surface area contributed by atoms with Gasteiger partial charge in [0.1, 0.15) is 19.3 Å². The molecule has 5 atom stereocenters. The highest BCUT2D eigenvalue weighted by Crippen LogP contribution is 2.61. The third-order valence-electron chi connectivity index (χ3n) is 7.25. The summed E-state index contributed by atoms with van der Waals surface area (Å²) in [5, 5.41) is 14.3. The van der Waals surface area contributed by atoms with E-state index in [4.69, 9.17) is 9.57 Å². The molecule has 0 amide bonds. The van der Waals surface area contributed by atoms with E-state index in [1.807, 2.05) is 6.08 Å². The van der Waals surface area contributed by atoms with Crippen LogP contribution in [0.15, 0.2) is 29.0 Å². The highest BCUT2D eigenvalue weighted by molar-refractivity contribution is 5.92. The molecule has 0 unspecified atom stereocenters. The minimum absolute atomic E-state index is 0.0187. The number of aliphatic hydroxyl groups excluding tert-OH is 1. The summed E-state index contributed by atoms with van der Waals surface area (Å²) in [5.41, 5.74) is 3.02. The second kappa shape index (κ2) is 5.70. The van der Waals surface area contributed by atoms with Gasteiger partial charge in [-0.1, -0.05) is 37.2 Å². The fourth-order valence-corrected chi connectivity index (χ4v) is 5.75. The Kier molecular flexibility index (Phi) is 3.83. The number of allylic oxidation sites excluding steroid dienone is 2. The van der Waals surface area contributed by atoms with Crippen LogP contribution >= 0.6 is 0 Å². The molecular formula is C20H27NO4. The van der Waals surface area contributed by atoms with Crippen LogP contribution in [0, 0.1) is 22.7 Å². The molecule has 1 saturated heterocycles. The summed E-state index contributed by atoms with van der Waals surface area (Å²) >= 11 is 0. The van der Waals surface area contributed by atoms with Crippen molar-refractivity contribution in [1.29, 1.82) is 0 Å². The number of fused-ring (bicyclic) bond motifs is 3. The fraction of sp³-hybridized carbons (Fsp3) is 0.700. The predicted molar refractivity (Wildman–Crippen MR) is 93.9 cm³/mol. The molecule has 136 valence electrons. The van der Waals surface area contributed by atoms with E-state index in [9.17, 15) is 9.90 Å². The fourth-order valence-electron chi connectivity index (χ4n) is 5.75. The van der Waals surface area contributed by atoms with Crippen molar-refractivity contribution < 1.29 is 19.5 Å². The Labute approximate surface area is 148 Å². The van der Waals surface area contributed by atoms with Gasteiger partial charge in [-0.2, -0.15) is 0 Å². The van der Waals surface area contributed by atoms with Crippen LogP contribution in [0.5, 0.6) is 0 Å². The van der Waals surface area contributed by atoms with Gasteiger partial charge in [0.25, 0.3) is 0 Å². The summed E-state index contributed by atoms with van der Waals surface area (Å²) in [6, 6.07) is 0. The number of hydrogen-bond acceptors (Lipinski definition) is 5. The minimum Gasteiger partial charge on any atom is -0.459 e. The van der Waals surface area contributed by atoms with Gasteiger partial charge < -0.3 is 14.7 Å². The number of aliphatic hydroxyl groups is 1. The van der Waals surface area contributed by atoms with Crippen molar-refractivity contribution in [1.82, 2.24) is 0 Å². The molecule has 0 aromatic carbocycles. The number of rotatable bonds is 2. The van der Waals surface area contributed by atoms with E-state index in [2.05, 4.69) is 25.6 Å². The quantitative estimate of drug-likeness (QED) is 0.475. The Hall–Kier alpha value is -1.62. The molecule has 5 heteroatoms. The summed E-state index contributed by atoms with van der Waals surface area (Å²) in [5.74, 6) is 0.424. The molecule has 0 bridgehead atoms. The SMILES string of the molecule is C=C1CC[C@H]2[C@@](C)(CCC3=NOC[C@]32C)[C@@H]1C/C=C1/C(=O)OC[C@H]1O. The molecule has 2 heterocycles. The Bertz CT molecular complexity index is 681. The van der Waals surface area contributed by atoms with Crippen molar-refractivity contribution in [2.24, 2.45) is 27.8 Å². The van der Waals surface area contributed by atoms with E-state index in [0.29, 0.717) is 24.0 Å². The van der Waals surface area contributed by atoms with Crippen molar-refractivity contribution in [2.45, 2.75) is 52.1 Å². The maximum Gasteiger partial charge on any atom is 0.336 e. The Morgan fingerprint density at radius 3 is 2.92 bits per heavy atom. The molecule has 1 N–H and O–H groups in total. The number of cyclic esters (lactones) is 1. The van der Waals surface area contributed by atoms with Crippen LogP contribution in [-0.2, 0) is 14.4 Å². The van der Waals surface area contributed by atoms with Crippen LogP contribution in [0.3, 0.4) is 0 Å². The van der Waals surface area contributed by atoms with Crippen molar-refractivity contribution in [3.8, 4) is 0 Å². The van der Waals surface area contributed by atoms with Gasteiger partial charge >= 0.3 is 5.97 Å². The molecule has 0 aromatic rings. The number of oxime groups is 1. The number of carbonyl (C=O) groups is 1. The van der Waals surface area contributed by atoms with Crippen LogP contribution < -0.4 is 0 Å². The van der Waals surface area contributed by atoms with Gasteiger partial charge in [0, 0.05) is 5.41 Å². The number of carbonyl (C=O) groups excluding carboxylic acids is 1. The number of ether oxygens (including phenoxy) is 1. The van der Waals surface area contributed by atoms with Crippen LogP contribution in [0.2, 0.25) is 0 Å². The van der Waals surface area contributed by atoms with Crippen molar-refractivity contribution in [3.63, 3.8) is 0 Å². The number of esters is 1. The standard InChI is InChI=1S/C20H27NO4/c1-12-4-7-16-19(2,9-8-17-20(16,3)11-25-21-17)14(12)6-5-13-15(22)10-24-18(13)23/h5,14-16,22H,1,4,6-11H2,2-3H3/b13-5+/t14-,15-,16+,19+,20+/m1/s1. The molecule has 0 radical (unpaired) electrons.